The molecule has 2 heterocycles. The summed E-state index contributed by atoms with van der Waals surface area (Å²) in [5.41, 5.74) is -0.726. The van der Waals surface area contributed by atoms with Crippen molar-refractivity contribution in [3.8, 4) is 0 Å². The fourth-order valence-corrected chi connectivity index (χ4v) is 3.04. The van der Waals surface area contributed by atoms with Gasteiger partial charge in [0, 0.05) is 17.9 Å². The lowest BCUT2D eigenvalue weighted by Crippen LogP contribution is -2.40. The lowest BCUT2D eigenvalue weighted by molar-refractivity contribution is -0.139. The van der Waals surface area contributed by atoms with Gasteiger partial charge in [0.25, 0.3) is 5.56 Å². The van der Waals surface area contributed by atoms with Gasteiger partial charge in [-0.25, -0.2) is 0 Å². The third kappa shape index (κ3) is 2.81. The van der Waals surface area contributed by atoms with Crippen molar-refractivity contribution in [1.29, 1.82) is 0 Å². The van der Waals surface area contributed by atoms with Crippen molar-refractivity contribution in [1.82, 2.24) is 4.57 Å². The number of hydrogen-bond acceptors (Lipinski definition) is 2. The Morgan fingerprint density at radius 1 is 1.21 bits per heavy atom. The molecule has 1 aliphatic heterocycles. The smallest absolute Gasteiger partial charge is 0.307 e. The van der Waals surface area contributed by atoms with E-state index in [0.717, 1.165) is 28.0 Å². The molecule has 126 valence electrons. The van der Waals surface area contributed by atoms with Gasteiger partial charge in [0.15, 0.2) is 0 Å². The molecule has 0 saturated heterocycles. The van der Waals surface area contributed by atoms with E-state index in [0.29, 0.717) is 6.42 Å². The first-order chi connectivity index (χ1) is 11.3. The van der Waals surface area contributed by atoms with E-state index in [1.807, 2.05) is 19.1 Å². The Morgan fingerprint density at radius 2 is 1.92 bits per heavy atom. The number of benzene rings is 1. The first-order valence-electron chi connectivity index (χ1n) is 7.45. The quantitative estimate of drug-likeness (QED) is 0.846. The summed E-state index contributed by atoms with van der Waals surface area (Å²) in [4.78, 5) is 26.1. The molecular formula is C17H15F3N2O2. The van der Waals surface area contributed by atoms with Gasteiger partial charge in [-0.2, -0.15) is 13.2 Å². The van der Waals surface area contributed by atoms with Crippen LogP contribution in [0, 0.1) is 0 Å². The van der Waals surface area contributed by atoms with E-state index >= 15 is 0 Å². The van der Waals surface area contributed by atoms with Gasteiger partial charge in [0.2, 0.25) is 5.91 Å². The molecule has 0 saturated carbocycles. The summed E-state index contributed by atoms with van der Waals surface area (Å²) < 4.78 is 39.3. The van der Waals surface area contributed by atoms with E-state index in [9.17, 15) is 22.8 Å². The van der Waals surface area contributed by atoms with Crippen LogP contribution in [-0.4, -0.2) is 16.5 Å². The Hall–Kier alpha value is -2.57. The van der Waals surface area contributed by atoms with Gasteiger partial charge in [0.1, 0.15) is 12.1 Å². The maximum absolute atomic E-state index is 12.8. The molecule has 2 aromatic rings. The molecule has 0 spiro atoms. The maximum atomic E-state index is 12.8. The largest absolute Gasteiger partial charge is 0.421 e. The zero-order valence-corrected chi connectivity index (χ0v) is 12.9. The maximum Gasteiger partial charge on any atom is 0.421 e. The summed E-state index contributed by atoms with van der Waals surface area (Å²) >= 11 is 0. The third-order valence-corrected chi connectivity index (χ3v) is 4.11. The summed E-state index contributed by atoms with van der Waals surface area (Å²) in [6, 6.07) is 9.12. The number of fused-ring (bicyclic) bond motifs is 1. The Bertz CT molecular complexity index is 842. The predicted octanol–water partition coefficient (Wildman–Crippen LogP) is 2.84. The van der Waals surface area contributed by atoms with Crippen LogP contribution in [0.5, 0.6) is 0 Å². The van der Waals surface area contributed by atoms with Gasteiger partial charge >= 0.3 is 6.18 Å². The van der Waals surface area contributed by atoms with E-state index in [4.69, 9.17) is 0 Å². The molecule has 4 nitrogen and oxygen atoms in total. The van der Waals surface area contributed by atoms with Gasteiger partial charge in [-0.3, -0.25) is 9.59 Å². The van der Waals surface area contributed by atoms with Crippen LogP contribution in [0.25, 0.3) is 0 Å². The average Bonchev–Trinajstić information content (AvgIpc) is 2.84. The monoisotopic (exact) mass is 336 g/mol. The van der Waals surface area contributed by atoms with Gasteiger partial charge < -0.3 is 9.47 Å². The molecule has 0 aliphatic carbocycles. The van der Waals surface area contributed by atoms with Crippen LogP contribution in [0.2, 0.25) is 0 Å². The fourth-order valence-electron chi connectivity index (χ4n) is 3.04. The van der Waals surface area contributed by atoms with Crippen LogP contribution >= 0.6 is 0 Å². The summed E-state index contributed by atoms with van der Waals surface area (Å²) in [6.07, 6.45) is -2.86. The second kappa shape index (κ2) is 5.81. The lowest BCUT2D eigenvalue weighted by atomic mass is 10.1. The molecule has 1 amide bonds. The molecule has 24 heavy (non-hydrogen) atoms. The van der Waals surface area contributed by atoms with Crippen molar-refractivity contribution in [3.63, 3.8) is 0 Å². The Morgan fingerprint density at radius 3 is 2.62 bits per heavy atom. The highest BCUT2D eigenvalue weighted by Crippen LogP contribution is 2.32. The standard InChI is InChI=1S/C17H15F3N2O2/c1-11-9-12-5-2-3-7-14(12)22(11)15(23)10-21-8-4-6-13(16(21)24)17(18,19)20/h2-8,11H,9-10H2,1H3. The molecule has 1 aromatic heterocycles. The van der Waals surface area contributed by atoms with Crippen molar-refractivity contribution in [2.45, 2.75) is 32.1 Å². The zero-order chi connectivity index (χ0) is 17.5. The molecular weight excluding hydrogens is 321 g/mol. The molecule has 1 aliphatic rings. The SMILES string of the molecule is CC1Cc2ccccc2N1C(=O)Cn1cccc(C(F)(F)F)c1=O. The second-order valence-corrected chi connectivity index (χ2v) is 5.80. The zero-order valence-electron chi connectivity index (χ0n) is 12.9. The minimum Gasteiger partial charge on any atom is -0.307 e. The predicted molar refractivity (Wildman–Crippen MR) is 82.8 cm³/mol. The summed E-state index contributed by atoms with van der Waals surface area (Å²) in [6.45, 7) is 1.44. The van der Waals surface area contributed by atoms with Crippen LogP contribution in [0.4, 0.5) is 18.9 Å². The summed E-state index contributed by atoms with van der Waals surface area (Å²) in [5, 5.41) is 0. The van der Waals surface area contributed by atoms with E-state index in [1.54, 1.807) is 17.0 Å². The van der Waals surface area contributed by atoms with Crippen LogP contribution in [-0.2, 0) is 23.9 Å². The van der Waals surface area contributed by atoms with Gasteiger partial charge in [-0.15, -0.1) is 0 Å². The average molecular weight is 336 g/mol. The Balaban J connectivity index is 1.90. The number of pyridine rings is 1. The highest BCUT2D eigenvalue weighted by atomic mass is 19.4. The fraction of sp³-hybridized carbons (Fsp3) is 0.294. The van der Waals surface area contributed by atoms with Crippen LogP contribution in [0.1, 0.15) is 18.1 Å². The Kier molecular flexibility index (Phi) is 3.95. The molecule has 1 unspecified atom stereocenters. The molecule has 0 bridgehead atoms. The topological polar surface area (TPSA) is 42.3 Å². The van der Waals surface area contributed by atoms with E-state index < -0.39 is 29.8 Å². The first kappa shape index (κ1) is 16.3. The molecule has 0 N–H and O–H groups in total. The van der Waals surface area contributed by atoms with Gasteiger partial charge in [-0.05, 0) is 37.1 Å². The number of carbonyl (C=O) groups is 1. The van der Waals surface area contributed by atoms with Gasteiger partial charge in [-0.1, -0.05) is 18.2 Å². The van der Waals surface area contributed by atoms with Crippen molar-refractivity contribution in [2.24, 2.45) is 0 Å². The van der Waals surface area contributed by atoms with E-state index in [1.165, 1.54) is 6.20 Å². The number of hydrogen-bond donors (Lipinski definition) is 0. The molecule has 0 radical (unpaired) electrons. The number of carbonyl (C=O) groups excluding carboxylic acids is 1. The lowest BCUT2D eigenvalue weighted by Gasteiger charge is -2.23. The Labute approximate surface area is 136 Å². The number of halogens is 3. The van der Waals surface area contributed by atoms with Crippen molar-refractivity contribution in [2.75, 3.05) is 4.90 Å². The number of anilines is 1. The van der Waals surface area contributed by atoms with Gasteiger partial charge in [0.05, 0.1) is 0 Å². The minimum atomic E-state index is -4.74. The van der Waals surface area contributed by atoms with Crippen LogP contribution in [0.15, 0.2) is 47.4 Å². The second-order valence-electron chi connectivity index (χ2n) is 5.80. The highest BCUT2D eigenvalue weighted by Gasteiger charge is 2.35. The van der Waals surface area contributed by atoms with Crippen molar-refractivity contribution < 1.29 is 18.0 Å². The molecule has 3 rings (SSSR count). The van der Waals surface area contributed by atoms with Crippen LogP contribution < -0.4 is 10.5 Å². The first-order valence-corrected chi connectivity index (χ1v) is 7.45. The number of amides is 1. The van der Waals surface area contributed by atoms with E-state index in [-0.39, 0.29) is 6.04 Å². The molecule has 7 heteroatoms. The van der Waals surface area contributed by atoms with E-state index in [2.05, 4.69) is 0 Å². The summed E-state index contributed by atoms with van der Waals surface area (Å²) in [7, 11) is 0. The number of aromatic nitrogens is 1. The summed E-state index contributed by atoms with van der Waals surface area (Å²) in [5.74, 6) is -0.408. The highest BCUT2D eigenvalue weighted by molar-refractivity contribution is 5.96. The van der Waals surface area contributed by atoms with Crippen molar-refractivity contribution >= 4 is 11.6 Å². The number of alkyl halides is 3. The third-order valence-electron chi connectivity index (χ3n) is 4.11. The molecule has 1 aromatic carbocycles. The van der Waals surface area contributed by atoms with Crippen LogP contribution in [0.3, 0.4) is 0 Å². The number of rotatable bonds is 2. The number of para-hydroxylation sites is 1. The van der Waals surface area contributed by atoms with Crippen molar-refractivity contribution in [3.05, 3.63) is 64.1 Å². The minimum absolute atomic E-state index is 0.101. The molecule has 1 atom stereocenters. The normalized spacial score (nSPS) is 17.0. The number of nitrogens with zero attached hydrogens (tertiary/aromatic N) is 2. The molecule has 0 fully saturated rings.